The van der Waals surface area contributed by atoms with Gasteiger partial charge in [0.25, 0.3) is 0 Å². The zero-order valence-electron chi connectivity index (χ0n) is 19.2. The van der Waals surface area contributed by atoms with E-state index >= 15 is 0 Å². The van der Waals surface area contributed by atoms with Crippen molar-refractivity contribution in [3.05, 3.63) is 83.6 Å². The summed E-state index contributed by atoms with van der Waals surface area (Å²) in [5, 5.41) is 10.7. The highest BCUT2D eigenvalue weighted by molar-refractivity contribution is 5.91. The number of hydrogen-bond acceptors (Lipinski definition) is 6. The molecule has 3 aromatic rings. The maximum atomic E-state index is 12.4. The molecule has 0 spiro atoms. The maximum absolute atomic E-state index is 12.4. The molecule has 0 saturated heterocycles. The molecule has 188 valence electrons. The summed E-state index contributed by atoms with van der Waals surface area (Å²) >= 11 is 0. The van der Waals surface area contributed by atoms with Crippen LogP contribution in [-0.4, -0.2) is 28.4 Å². The molecule has 1 aromatic heterocycles. The molecular formula is C26H24F3N3O4. The number of hydrogen-bond donors (Lipinski definition) is 1. The second-order valence-corrected chi connectivity index (χ2v) is 8.66. The van der Waals surface area contributed by atoms with E-state index in [4.69, 9.17) is 4.74 Å². The number of aromatic nitrogens is 2. The normalized spacial score (nSPS) is 17.1. The van der Waals surface area contributed by atoms with Crippen molar-refractivity contribution in [1.82, 2.24) is 10.2 Å². The number of amides is 1. The maximum Gasteiger partial charge on any atom is 0.573 e. The SMILES string of the molecule is O=C(Cc1cccc(OC(F)(F)F)c1)Nc1ccc(CC2CC(C(=O)OCc3ccccc3)C2)nn1. The molecule has 1 heterocycles. The fraction of sp³-hybridized carbons (Fsp3) is 0.308. The minimum Gasteiger partial charge on any atom is -0.461 e. The van der Waals surface area contributed by atoms with Gasteiger partial charge in [-0.1, -0.05) is 42.5 Å². The summed E-state index contributed by atoms with van der Waals surface area (Å²) in [6.07, 6.45) is -2.84. The molecule has 4 rings (SSSR count). The molecule has 7 nitrogen and oxygen atoms in total. The molecule has 0 aliphatic heterocycles. The number of benzene rings is 2. The molecule has 1 amide bonds. The van der Waals surface area contributed by atoms with Gasteiger partial charge in [-0.25, -0.2) is 0 Å². The zero-order chi connectivity index (χ0) is 25.5. The van der Waals surface area contributed by atoms with Crippen LogP contribution >= 0.6 is 0 Å². The molecule has 0 radical (unpaired) electrons. The molecule has 2 aromatic carbocycles. The second-order valence-electron chi connectivity index (χ2n) is 8.66. The van der Waals surface area contributed by atoms with Crippen LogP contribution in [0.25, 0.3) is 0 Å². The predicted molar refractivity (Wildman–Crippen MR) is 124 cm³/mol. The first kappa shape index (κ1) is 25.2. The Labute approximate surface area is 205 Å². The van der Waals surface area contributed by atoms with Gasteiger partial charge in [-0.05, 0) is 60.6 Å². The zero-order valence-corrected chi connectivity index (χ0v) is 19.2. The lowest BCUT2D eigenvalue weighted by atomic mass is 9.73. The van der Waals surface area contributed by atoms with Crippen LogP contribution in [0.4, 0.5) is 19.0 Å². The fourth-order valence-corrected chi connectivity index (χ4v) is 4.00. The lowest BCUT2D eigenvalue weighted by molar-refractivity contribution is -0.274. The summed E-state index contributed by atoms with van der Waals surface area (Å²) in [5.74, 6) is -0.584. The van der Waals surface area contributed by atoms with Crippen LogP contribution in [-0.2, 0) is 33.8 Å². The molecule has 1 saturated carbocycles. The third-order valence-corrected chi connectivity index (χ3v) is 5.77. The van der Waals surface area contributed by atoms with Crippen molar-refractivity contribution >= 4 is 17.7 Å². The Kier molecular flexibility index (Phi) is 7.82. The number of rotatable bonds is 9. The van der Waals surface area contributed by atoms with Gasteiger partial charge in [-0.2, -0.15) is 5.10 Å². The Morgan fingerprint density at radius 1 is 0.944 bits per heavy atom. The molecule has 1 N–H and O–H groups in total. The summed E-state index contributed by atoms with van der Waals surface area (Å²) in [7, 11) is 0. The smallest absolute Gasteiger partial charge is 0.461 e. The number of carbonyl (C=O) groups is 2. The fourth-order valence-electron chi connectivity index (χ4n) is 4.00. The van der Waals surface area contributed by atoms with Crippen LogP contribution in [0, 0.1) is 11.8 Å². The molecule has 1 fully saturated rings. The van der Waals surface area contributed by atoms with Crippen LogP contribution in [0.2, 0.25) is 0 Å². The number of nitrogens with zero attached hydrogens (tertiary/aromatic N) is 2. The van der Waals surface area contributed by atoms with Gasteiger partial charge >= 0.3 is 12.3 Å². The van der Waals surface area contributed by atoms with Gasteiger partial charge in [-0.3, -0.25) is 9.59 Å². The minimum atomic E-state index is -4.80. The summed E-state index contributed by atoms with van der Waals surface area (Å²) in [6.45, 7) is 0.270. The molecule has 0 unspecified atom stereocenters. The number of halogens is 3. The van der Waals surface area contributed by atoms with Gasteiger partial charge in [0.15, 0.2) is 5.82 Å². The van der Waals surface area contributed by atoms with Crippen molar-refractivity contribution < 1.29 is 32.2 Å². The quantitative estimate of drug-likeness (QED) is 0.423. The van der Waals surface area contributed by atoms with E-state index in [-0.39, 0.29) is 36.5 Å². The van der Waals surface area contributed by atoms with E-state index in [1.165, 1.54) is 12.1 Å². The van der Waals surface area contributed by atoms with Crippen molar-refractivity contribution in [1.29, 1.82) is 0 Å². The standard InChI is InChI=1S/C26H24F3N3O4/c27-26(28,29)36-22-8-4-7-18(14-22)15-24(33)30-23-10-9-21(31-32-23)13-19-11-20(12-19)25(34)35-16-17-5-2-1-3-6-17/h1-10,14,19-20H,11-13,15-16H2,(H,30,32,33). The number of esters is 1. The highest BCUT2D eigenvalue weighted by Gasteiger charge is 2.36. The van der Waals surface area contributed by atoms with Crippen molar-refractivity contribution in [2.24, 2.45) is 11.8 Å². The third kappa shape index (κ3) is 7.53. The van der Waals surface area contributed by atoms with E-state index in [0.29, 0.717) is 17.9 Å². The van der Waals surface area contributed by atoms with E-state index < -0.39 is 12.3 Å². The van der Waals surface area contributed by atoms with Gasteiger partial charge in [0.1, 0.15) is 12.4 Å². The highest BCUT2D eigenvalue weighted by atomic mass is 19.4. The summed E-state index contributed by atoms with van der Waals surface area (Å²) in [5.41, 5.74) is 2.06. The first-order valence-corrected chi connectivity index (χ1v) is 11.4. The Morgan fingerprint density at radius 3 is 2.39 bits per heavy atom. The van der Waals surface area contributed by atoms with Crippen LogP contribution in [0.5, 0.6) is 5.75 Å². The Hall–Kier alpha value is -3.95. The van der Waals surface area contributed by atoms with Crippen molar-refractivity contribution in [3.8, 4) is 5.75 Å². The largest absolute Gasteiger partial charge is 0.573 e. The summed E-state index contributed by atoms with van der Waals surface area (Å²) in [6, 6.07) is 18.1. The van der Waals surface area contributed by atoms with Crippen LogP contribution < -0.4 is 10.1 Å². The van der Waals surface area contributed by atoms with E-state index in [1.807, 2.05) is 30.3 Å². The van der Waals surface area contributed by atoms with E-state index in [1.54, 1.807) is 12.1 Å². The molecule has 1 aliphatic rings. The van der Waals surface area contributed by atoms with Crippen LogP contribution in [0.3, 0.4) is 0 Å². The lowest BCUT2D eigenvalue weighted by Gasteiger charge is -2.33. The van der Waals surface area contributed by atoms with Gasteiger partial charge in [0, 0.05) is 0 Å². The van der Waals surface area contributed by atoms with Gasteiger partial charge in [0.05, 0.1) is 18.0 Å². The van der Waals surface area contributed by atoms with Crippen LogP contribution in [0.15, 0.2) is 66.7 Å². The van der Waals surface area contributed by atoms with Crippen molar-refractivity contribution in [2.75, 3.05) is 5.32 Å². The summed E-state index contributed by atoms with van der Waals surface area (Å²) < 4.78 is 46.4. The molecule has 0 atom stereocenters. The lowest BCUT2D eigenvalue weighted by Crippen LogP contribution is -2.33. The van der Waals surface area contributed by atoms with Crippen molar-refractivity contribution in [2.45, 2.75) is 38.7 Å². The Balaban J connectivity index is 1.19. The van der Waals surface area contributed by atoms with Crippen molar-refractivity contribution in [3.63, 3.8) is 0 Å². The molecule has 0 bridgehead atoms. The third-order valence-electron chi connectivity index (χ3n) is 5.77. The Bertz CT molecular complexity index is 1180. The van der Waals surface area contributed by atoms with Gasteiger partial charge in [0.2, 0.25) is 5.91 Å². The first-order chi connectivity index (χ1) is 17.2. The van der Waals surface area contributed by atoms with E-state index in [9.17, 15) is 22.8 Å². The molecular weight excluding hydrogens is 475 g/mol. The second kappa shape index (κ2) is 11.2. The average Bonchev–Trinajstić information content (AvgIpc) is 2.80. The minimum absolute atomic E-state index is 0.106. The van der Waals surface area contributed by atoms with Gasteiger partial charge < -0.3 is 14.8 Å². The van der Waals surface area contributed by atoms with E-state index in [0.717, 1.165) is 36.2 Å². The van der Waals surface area contributed by atoms with Crippen LogP contribution in [0.1, 0.15) is 29.7 Å². The number of alkyl halides is 3. The van der Waals surface area contributed by atoms with Gasteiger partial charge in [-0.15, -0.1) is 18.3 Å². The molecule has 36 heavy (non-hydrogen) atoms. The average molecular weight is 499 g/mol. The number of nitrogens with one attached hydrogen (secondary N) is 1. The number of anilines is 1. The predicted octanol–water partition coefficient (Wildman–Crippen LogP) is 4.87. The summed E-state index contributed by atoms with van der Waals surface area (Å²) in [4.78, 5) is 24.5. The topological polar surface area (TPSA) is 90.4 Å². The Morgan fingerprint density at radius 2 is 1.69 bits per heavy atom. The molecule has 1 aliphatic carbocycles. The first-order valence-electron chi connectivity index (χ1n) is 11.4. The van der Waals surface area contributed by atoms with E-state index in [2.05, 4.69) is 20.3 Å². The number of carbonyl (C=O) groups excluding carboxylic acids is 2. The monoisotopic (exact) mass is 499 g/mol. The molecule has 10 heteroatoms. The highest BCUT2D eigenvalue weighted by Crippen LogP contribution is 2.36. The number of ether oxygens (including phenoxy) is 2.